The topological polar surface area (TPSA) is 99.4 Å². The van der Waals surface area contributed by atoms with E-state index in [1.165, 1.54) is 13.4 Å². The van der Waals surface area contributed by atoms with Gasteiger partial charge in [0.2, 0.25) is 5.82 Å². The molecule has 0 amide bonds. The zero-order valence-corrected chi connectivity index (χ0v) is 11.6. The van der Waals surface area contributed by atoms with Gasteiger partial charge in [0.15, 0.2) is 0 Å². The van der Waals surface area contributed by atoms with Gasteiger partial charge in [0, 0.05) is 20.3 Å². The predicted molar refractivity (Wildman–Crippen MR) is 71.9 cm³/mol. The van der Waals surface area contributed by atoms with Crippen molar-refractivity contribution in [1.29, 1.82) is 0 Å². The average molecular weight is 282 g/mol. The summed E-state index contributed by atoms with van der Waals surface area (Å²) < 4.78 is 9.99. The van der Waals surface area contributed by atoms with Crippen LogP contribution in [0.4, 0.5) is 11.5 Å². The van der Waals surface area contributed by atoms with E-state index in [1.54, 1.807) is 7.11 Å². The Kier molecular flexibility index (Phi) is 4.33. The second kappa shape index (κ2) is 6.00. The number of hydrogen-bond acceptors (Lipinski definition) is 7. The molecule has 1 N–H and O–H groups in total. The van der Waals surface area contributed by atoms with Crippen molar-refractivity contribution >= 4 is 11.5 Å². The highest BCUT2D eigenvalue weighted by Gasteiger charge is 2.42. The maximum absolute atomic E-state index is 11.1. The van der Waals surface area contributed by atoms with Crippen LogP contribution in [-0.2, 0) is 4.74 Å². The van der Waals surface area contributed by atoms with Gasteiger partial charge in [0.05, 0.1) is 12.0 Å². The van der Waals surface area contributed by atoms with Gasteiger partial charge >= 0.3 is 5.69 Å². The van der Waals surface area contributed by atoms with Crippen molar-refractivity contribution in [3.8, 4) is 5.88 Å². The van der Waals surface area contributed by atoms with Crippen LogP contribution in [-0.4, -0.2) is 42.3 Å². The Balaban J connectivity index is 2.08. The molecule has 0 spiro atoms. The van der Waals surface area contributed by atoms with E-state index in [0.717, 1.165) is 19.3 Å². The molecule has 0 unspecified atom stereocenters. The first-order valence-corrected chi connectivity index (χ1v) is 6.38. The fourth-order valence-electron chi connectivity index (χ4n) is 2.09. The van der Waals surface area contributed by atoms with Gasteiger partial charge in [-0.2, -0.15) is 4.98 Å². The predicted octanol–water partition coefficient (Wildman–Crippen LogP) is 1.62. The molecule has 0 aliphatic heterocycles. The number of nitro groups is 1. The minimum atomic E-state index is -0.532. The van der Waals surface area contributed by atoms with Crippen molar-refractivity contribution in [3.63, 3.8) is 0 Å². The largest absolute Gasteiger partial charge is 0.476 e. The quantitative estimate of drug-likeness (QED) is 0.571. The monoisotopic (exact) mass is 282 g/mol. The van der Waals surface area contributed by atoms with Crippen LogP contribution in [0.25, 0.3) is 0 Å². The highest BCUT2D eigenvalue weighted by molar-refractivity contribution is 5.61. The molecule has 110 valence electrons. The summed E-state index contributed by atoms with van der Waals surface area (Å²) in [5, 5.41) is 14.2. The second-order valence-corrected chi connectivity index (χ2v) is 4.93. The lowest BCUT2D eigenvalue weighted by atomic mass is 10.0. The Morgan fingerprint density at radius 2 is 2.20 bits per heavy atom. The average Bonchev–Trinajstić information content (AvgIpc) is 3.22. The van der Waals surface area contributed by atoms with Crippen molar-refractivity contribution in [2.75, 3.05) is 32.7 Å². The summed E-state index contributed by atoms with van der Waals surface area (Å²) in [6.07, 6.45) is 4.38. The molecule has 1 aliphatic carbocycles. The van der Waals surface area contributed by atoms with Gasteiger partial charge < -0.3 is 14.8 Å². The zero-order chi connectivity index (χ0) is 14.6. The second-order valence-electron chi connectivity index (χ2n) is 4.93. The van der Waals surface area contributed by atoms with Crippen molar-refractivity contribution in [2.24, 2.45) is 5.41 Å². The van der Waals surface area contributed by atoms with Gasteiger partial charge in [-0.1, -0.05) is 0 Å². The normalized spacial score (nSPS) is 15.7. The summed E-state index contributed by atoms with van der Waals surface area (Å²) in [7, 11) is 3.02. The van der Waals surface area contributed by atoms with Crippen LogP contribution in [0.5, 0.6) is 5.88 Å². The molecular formula is C12H18N4O4. The molecule has 20 heavy (non-hydrogen) atoms. The maximum Gasteiger partial charge on any atom is 0.372 e. The van der Waals surface area contributed by atoms with Gasteiger partial charge in [-0.25, -0.2) is 4.98 Å². The molecule has 2 rings (SSSR count). The number of rotatable bonds is 8. The minimum Gasteiger partial charge on any atom is -0.476 e. The van der Waals surface area contributed by atoms with E-state index < -0.39 is 4.92 Å². The van der Waals surface area contributed by atoms with Crippen LogP contribution in [0.2, 0.25) is 0 Å². The van der Waals surface area contributed by atoms with Gasteiger partial charge in [-0.15, -0.1) is 0 Å². The van der Waals surface area contributed by atoms with Crippen molar-refractivity contribution in [1.82, 2.24) is 9.97 Å². The van der Waals surface area contributed by atoms with Crippen LogP contribution in [0, 0.1) is 15.5 Å². The molecule has 1 heterocycles. The summed E-state index contributed by atoms with van der Waals surface area (Å²) in [5.41, 5.74) is -0.0558. The number of hydrogen-bond donors (Lipinski definition) is 1. The van der Waals surface area contributed by atoms with E-state index in [9.17, 15) is 10.1 Å². The first kappa shape index (κ1) is 14.4. The Morgan fingerprint density at radius 3 is 2.75 bits per heavy atom. The van der Waals surface area contributed by atoms with Crippen molar-refractivity contribution in [3.05, 3.63) is 16.4 Å². The lowest BCUT2D eigenvalue weighted by molar-refractivity contribution is -0.385. The fourth-order valence-corrected chi connectivity index (χ4v) is 2.09. The number of anilines is 1. The summed E-state index contributed by atoms with van der Waals surface area (Å²) in [6.45, 7) is 1.33. The lowest BCUT2D eigenvalue weighted by Crippen LogP contribution is -2.18. The zero-order valence-electron chi connectivity index (χ0n) is 11.6. The fraction of sp³-hybridized carbons (Fsp3) is 0.667. The summed E-state index contributed by atoms with van der Waals surface area (Å²) in [4.78, 5) is 18.3. The number of nitrogens with one attached hydrogen (secondary N) is 1. The summed E-state index contributed by atoms with van der Waals surface area (Å²) >= 11 is 0. The molecule has 8 nitrogen and oxygen atoms in total. The Morgan fingerprint density at radius 1 is 1.45 bits per heavy atom. The van der Waals surface area contributed by atoms with Crippen LogP contribution >= 0.6 is 0 Å². The van der Waals surface area contributed by atoms with Crippen LogP contribution in [0.15, 0.2) is 6.33 Å². The Hall–Kier alpha value is -1.96. The molecule has 1 aromatic rings. The van der Waals surface area contributed by atoms with E-state index >= 15 is 0 Å². The standard InChI is InChI=1S/C12H18N4O4/c1-19-6-5-12(3-4-12)7-13-10-9(16(17)18)11(20-2)15-8-14-10/h8H,3-7H2,1-2H3,(H,13,14,15). The molecule has 8 heteroatoms. The molecule has 0 aromatic carbocycles. The summed E-state index contributed by atoms with van der Waals surface area (Å²) in [6, 6.07) is 0. The number of ether oxygens (including phenoxy) is 2. The van der Waals surface area contributed by atoms with Gasteiger partial charge in [0.25, 0.3) is 5.88 Å². The molecule has 1 saturated carbocycles. The number of nitrogens with zero attached hydrogens (tertiary/aromatic N) is 3. The number of aromatic nitrogens is 2. The molecule has 0 atom stereocenters. The van der Waals surface area contributed by atoms with E-state index in [-0.39, 0.29) is 22.8 Å². The van der Waals surface area contributed by atoms with E-state index in [1.807, 2.05) is 0 Å². The number of methoxy groups -OCH3 is 2. The van der Waals surface area contributed by atoms with Crippen molar-refractivity contribution in [2.45, 2.75) is 19.3 Å². The molecule has 0 bridgehead atoms. The van der Waals surface area contributed by atoms with E-state index in [2.05, 4.69) is 15.3 Å². The third-order valence-corrected chi connectivity index (χ3v) is 3.59. The highest BCUT2D eigenvalue weighted by atomic mass is 16.6. The summed E-state index contributed by atoms with van der Waals surface area (Å²) in [5.74, 6) is 0.166. The maximum atomic E-state index is 11.1. The SMILES string of the molecule is COCCC1(CNc2ncnc(OC)c2[N+](=O)[O-])CC1. The first-order valence-electron chi connectivity index (χ1n) is 6.38. The molecule has 1 aliphatic rings. The van der Waals surface area contributed by atoms with Gasteiger partial charge in [-0.05, 0) is 24.7 Å². The van der Waals surface area contributed by atoms with E-state index in [4.69, 9.17) is 9.47 Å². The van der Waals surface area contributed by atoms with Gasteiger partial charge in [0.1, 0.15) is 6.33 Å². The molecule has 0 saturated heterocycles. The minimum absolute atomic E-state index is 0.0331. The Labute approximate surface area is 116 Å². The van der Waals surface area contributed by atoms with Crippen molar-refractivity contribution < 1.29 is 14.4 Å². The molecular weight excluding hydrogens is 264 g/mol. The van der Waals surface area contributed by atoms with Crippen LogP contribution < -0.4 is 10.1 Å². The molecule has 1 fully saturated rings. The lowest BCUT2D eigenvalue weighted by Gasteiger charge is -2.15. The van der Waals surface area contributed by atoms with Crippen LogP contribution in [0.3, 0.4) is 0 Å². The smallest absolute Gasteiger partial charge is 0.372 e. The molecule has 0 radical (unpaired) electrons. The first-order chi connectivity index (χ1) is 9.62. The van der Waals surface area contributed by atoms with E-state index in [0.29, 0.717) is 13.2 Å². The molecule has 1 aromatic heterocycles. The van der Waals surface area contributed by atoms with Gasteiger partial charge in [-0.3, -0.25) is 10.1 Å². The van der Waals surface area contributed by atoms with Crippen LogP contribution in [0.1, 0.15) is 19.3 Å². The third kappa shape index (κ3) is 3.13. The Bertz CT molecular complexity index is 490. The highest BCUT2D eigenvalue weighted by Crippen LogP contribution is 2.49. The third-order valence-electron chi connectivity index (χ3n) is 3.59.